The number of ether oxygens (including phenoxy) is 1. The van der Waals surface area contributed by atoms with Gasteiger partial charge in [0.15, 0.2) is 0 Å². The lowest BCUT2D eigenvalue weighted by Gasteiger charge is -2.29. The molecule has 0 fully saturated rings. The third-order valence-electron chi connectivity index (χ3n) is 1.87. The molecule has 1 aromatic carbocycles. The number of carbonyl (C=O) groups excluding carboxylic acids is 1. The molecule has 4 heteroatoms. The average molecular weight is 208 g/mol. The van der Waals surface area contributed by atoms with E-state index in [0.717, 1.165) is 5.01 Å². The second-order valence-corrected chi connectivity index (χ2v) is 4.22. The Morgan fingerprint density at radius 2 is 1.80 bits per heavy atom. The van der Waals surface area contributed by atoms with Crippen molar-refractivity contribution in [2.45, 2.75) is 26.3 Å². The van der Waals surface area contributed by atoms with Crippen molar-refractivity contribution in [2.75, 3.05) is 0 Å². The minimum Gasteiger partial charge on any atom is -0.409 e. The van der Waals surface area contributed by atoms with E-state index < -0.39 is 11.6 Å². The highest BCUT2D eigenvalue weighted by Gasteiger charge is 2.24. The van der Waals surface area contributed by atoms with Gasteiger partial charge in [-0.3, -0.25) is 0 Å². The van der Waals surface area contributed by atoms with Crippen LogP contribution < -0.4 is 10.6 Å². The second-order valence-electron chi connectivity index (χ2n) is 4.22. The van der Waals surface area contributed by atoms with Crippen molar-refractivity contribution in [2.24, 2.45) is 5.84 Å². The van der Waals surface area contributed by atoms with Crippen LogP contribution >= 0.6 is 0 Å². The van der Waals surface area contributed by atoms with Crippen LogP contribution in [0.25, 0.3) is 0 Å². The summed E-state index contributed by atoms with van der Waals surface area (Å²) in [7, 11) is 0. The number of amides is 1. The molecule has 82 valence electrons. The molecule has 1 rings (SSSR count). The lowest BCUT2D eigenvalue weighted by atomic mass is 10.1. The first-order valence-electron chi connectivity index (χ1n) is 4.73. The van der Waals surface area contributed by atoms with E-state index in [9.17, 15) is 4.79 Å². The molecule has 0 aliphatic heterocycles. The molecule has 0 unspecified atom stereocenters. The molecule has 0 aliphatic rings. The van der Waals surface area contributed by atoms with E-state index in [0.29, 0.717) is 5.75 Å². The molecule has 0 heterocycles. The highest BCUT2D eigenvalue weighted by molar-refractivity contribution is 5.70. The Labute approximate surface area is 89.6 Å². The number of hydrazine groups is 1. The van der Waals surface area contributed by atoms with E-state index in [2.05, 4.69) is 0 Å². The van der Waals surface area contributed by atoms with Crippen LogP contribution in [0, 0.1) is 0 Å². The molecule has 2 N–H and O–H groups in total. The van der Waals surface area contributed by atoms with Crippen molar-refractivity contribution in [3.63, 3.8) is 0 Å². The fourth-order valence-electron chi connectivity index (χ4n) is 0.912. The number of rotatable bonds is 1. The molecule has 15 heavy (non-hydrogen) atoms. The molecule has 0 aliphatic carbocycles. The summed E-state index contributed by atoms with van der Waals surface area (Å²) in [5, 5.41) is 1.07. The van der Waals surface area contributed by atoms with Crippen LogP contribution in [-0.4, -0.2) is 16.6 Å². The summed E-state index contributed by atoms with van der Waals surface area (Å²) in [6.07, 6.45) is -0.561. The van der Waals surface area contributed by atoms with Crippen molar-refractivity contribution < 1.29 is 9.53 Å². The van der Waals surface area contributed by atoms with Gasteiger partial charge in [-0.05, 0) is 32.9 Å². The van der Waals surface area contributed by atoms with E-state index in [1.165, 1.54) is 0 Å². The van der Waals surface area contributed by atoms with Gasteiger partial charge in [0.2, 0.25) is 0 Å². The van der Waals surface area contributed by atoms with E-state index in [-0.39, 0.29) is 0 Å². The SMILES string of the molecule is CC(C)(C)N(N)C(=O)Oc1ccccc1. The van der Waals surface area contributed by atoms with E-state index in [1.807, 2.05) is 26.8 Å². The zero-order valence-electron chi connectivity index (χ0n) is 9.23. The summed E-state index contributed by atoms with van der Waals surface area (Å²) in [5.74, 6) is 6.09. The Kier molecular flexibility index (Phi) is 3.31. The number of nitrogens with zero attached hydrogens (tertiary/aromatic N) is 1. The maximum atomic E-state index is 11.5. The van der Waals surface area contributed by atoms with E-state index in [4.69, 9.17) is 10.6 Å². The Balaban J connectivity index is 2.65. The molecule has 0 spiro atoms. The van der Waals surface area contributed by atoms with Gasteiger partial charge in [-0.2, -0.15) is 0 Å². The van der Waals surface area contributed by atoms with Crippen molar-refractivity contribution in [1.82, 2.24) is 5.01 Å². The summed E-state index contributed by atoms with van der Waals surface area (Å²) in [6.45, 7) is 5.50. The van der Waals surface area contributed by atoms with Gasteiger partial charge in [0.1, 0.15) is 5.75 Å². The largest absolute Gasteiger partial charge is 0.430 e. The average Bonchev–Trinajstić information content (AvgIpc) is 2.16. The topological polar surface area (TPSA) is 55.6 Å². The van der Waals surface area contributed by atoms with Crippen molar-refractivity contribution in [3.8, 4) is 5.75 Å². The van der Waals surface area contributed by atoms with Gasteiger partial charge in [0.25, 0.3) is 0 Å². The van der Waals surface area contributed by atoms with Gasteiger partial charge in [-0.1, -0.05) is 18.2 Å². The monoisotopic (exact) mass is 208 g/mol. The molecule has 0 saturated carbocycles. The minimum absolute atomic E-state index is 0.453. The Morgan fingerprint density at radius 3 is 2.27 bits per heavy atom. The first kappa shape index (κ1) is 11.5. The van der Waals surface area contributed by atoms with Gasteiger partial charge >= 0.3 is 6.09 Å². The standard InChI is InChI=1S/C11H16N2O2/c1-11(2,3)13(12)10(14)15-9-7-5-4-6-8-9/h4-8H,12H2,1-3H3. The van der Waals surface area contributed by atoms with Gasteiger partial charge in [-0.15, -0.1) is 0 Å². The number of hydrogen-bond donors (Lipinski definition) is 1. The van der Waals surface area contributed by atoms with Gasteiger partial charge in [0.05, 0.1) is 5.54 Å². The smallest absolute Gasteiger partial charge is 0.409 e. The molecular formula is C11H16N2O2. The first-order valence-corrected chi connectivity index (χ1v) is 4.73. The van der Waals surface area contributed by atoms with Gasteiger partial charge in [-0.25, -0.2) is 15.6 Å². The molecule has 0 radical (unpaired) electrons. The molecule has 1 aromatic rings. The number of carbonyl (C=O) groups is 1. The summed E-state index contributed by atoms with van der Waals surface area (Å²) in [4.78, 5) is 11.5. The molecule has 0 aromatic heterocycles. The molecular weight excluding hydrogens is 192 g/mol. The number of nitrogens with two attached hydrogens (primary N) is 1. The number of para-hydroxylation sites is 1. The van der Waals surface area contributed by atoms with Crippen LogP contribution in [0.4, 0.5) is 4.79 Å². The summed E-state index contributed by atoms with van der Waals surface area (Å²) in [5.41, 5.74) is -0.453. The first-order chi connectivity index (χ1) is 6.91. The Hall–Kier alpha value is -1.55. The van der Waals surface area contributed by atoms with Gasteiger partial charge < -0.3 is 4.74 Å². The quantitative estimate of drug-likeness (QED) is 0.437. The van der Waals surface area contributed by atoms with Crippen LogP contribution in [0.2, 0.25) is 0 Å². The molecule has 0 atom stereocenters. The maximum Gasteiger partial charge on any atom is 0.430 e. The number of hydrogen-bond acceptors (Lipinski definition) is 3. The predicted molar refractivity (Wildman–Crippen MR) is 58.2 cm³/mol. The molecule has 1 amide bonds. The van der Waals surface area contributed by atoms with E-state index in [1.54, 1.807) is 24.3 Å². The van der Waals surface area contributed by atoms with E-state index >= 15 is 0 Å². The van der Waals surface area contributed by atoms with Gasteiger partial charge in [0, 0.05) is 0 Å². The zero-order chi connectivity index (χ0) is 11.5. The van der Waals surface area contributed by atoms with Crippen LogP contribution in [0.3, 0.4) is 0 Å². The normalized spacial score (nSPS) is 10.9. The second kappa shape index (κ2) is 4.31. The fraction of sp³-hybridized carbons (Fsp3) is 0.364. The highest BCUT2D eigenvalue weighted by atomic mass is 16.6. The highest BCUT2D eigenvalue weighted by Crippen LogP contribution is 2.13. The van der Waals surface area contributed by atoms with Crippen molar-refractivity contribution in [1.29, 1.82) is 0 Å². The zero-order valence-corrected chi connectivity index (χ0v) is 9.23. The summed E-state index contributed by atoms with van der Waals surface area (Å²) in [6, 6.07) is 8.84. The summed E-state index contributed by atoms with van der Waals surface area (Å²) >= 11 is 0. The van der Waals surface area contributed by atoms with Crippen LogP contribution in [0.15, 0.2) is 30.3 Å². The maximum absolute atomic E-state index is 11.5. The molecule has 0 saturated heterocycles. The molecule has 4 nitrogen and oxygen atoms in total. The van der Waals surface area contributed by atoms with Crippen molar-refractivity contribution >= 4 is 6.09 Å². The Bertz CT molecular complexity index is 330. The summed E-state index contributed by atoms with van der Waals surface area (Å²) < 4.78 is 5.06. The lowest BCUT2D eigenvalue weighted by Crippen LogP contribution is -2.51. The Morgan fingerprint density at radius 1 is 1.27 bits per heavy atom. The number of benzene rings is 1. The fourth-order valence-corrected chi connectivity index (χ4v) is 0.912. The van der Waals surface area contributed by atoms with Crippen molar-refractivity contribution in [3.05, 3.63) is 30.3 Å². The third kappa shape index (κ3) is 3.25. The predicted octanol–water partition coefficient (Wildman–Crippen LogP) is 2.16. The molecule has 0 bridgehead atoms. The third-order valence-corrected chi connectivity index (χ3v) is 1.87. The van der Waals surface area contributed by atoms with Crippen LogP contribution in [-0.2, 0) is 0 Å². The van der Waals surface area contributed by atoms with Crippen LogP contribution in [0.1, 0.15) is 20.8 Å². The lowest BCUT2D eigenvalue weighted by molar-refractivity contribution is 0.107. The van der Waals surface area contributed by atoms with Crippen LogP contribution in [0.5, 0.6) is 5.75 Å². The minimum atomic E-state index is -0.561.